The second kappa shape index (κ2) is 8.94. The van der Waals surface area contributed by atoms with Crippen molar-refractivity contribution in [2.24, 2.45) is 0 Å². The molecule has 4 heteroatoms. The fourth-order valence-electron chi connectivity index (χ4n) is 2.77. The van der Waals surface area contributed by atoms with Crippen molar-refractivity contribution >= 4 is 11.9 Å². The number of hydrogen-bond donors (Lipinski definition) is 0. The molecule has 0 aliphatic heterocycles. The van der Waals surface area contributed by atoms with Gasteiger partial charge >= 0.3 is 11.9 Å². The maximum atomic E-state index is 12.9. The highest BCUT2D eigenvalue weighted by Crippen LogP contribution is 2.19. The van der Waals surface area contributed by atoms with E-state index >= 15 is 0 Å². The van der Waals surface area contributed by atoms with Crippen LogP contribution in [0, 0.1) is 0 Å². The summed E-state index contributed by atoms with van der Waals surface area (Å²) in [4.78, 5) is 24.1. The van der Waals surface area contributed by atoms with Gasteiger partial charge in [0.2, 0.25) is 0 Å². The predicted octanol–water partition coefficient (Wildman–Crippen LogP) is 3.48. The quantitative estimate of drug-likeness (QED) is 0.420. The molecule has 2 aromatic carbocycles. The Hall–Kier alpha value is -2.72. The van der Waals surface area contributed by atoms with Crippen LogP contribution in [0.3, 0.4) is 0 Å². The van der Waals surface area contributed by atoms with Gasteiger partial charge < -0.3 is 4.74 Å². The third kappa shape index (κ3) is 5.69. The fraction of sp³-hybridized carbons (Fsp3) is 0.238. The van der Waals surface area contributed by atoms with Gasteiger partial charge in [0.1, 0.15) is 19.7 Å². The second-order valence-electron chi connectivity index (χ2n) is 6.20. The molecule has 2 aromatic rings. The summed E-state index contributed by atoms with van der Waals surface area (Å²) in [6.07, 6.45) is 1.28. The average Bonchev–Trinajstić information content (AvgIpc) is 2.63. The van der Waals surface area contributed by atoms with Gasteiger partial charge in [-0.05, 0) is 0 Å². The molecule has 1 amide bonds. The number of carbonyl (C=O) groups excluding carboxylic acids is 2. The molecule has 0 aromatic heterocycles. The molecule has 0 heterocycles. The Morgan fingerprint density at radius 1 is 0.960 bits per heavy atom. The number of carbonyl (C=O) groups is 2. The van der Waals surface area contributed by atoms with Crippen LogP contribution in [0.1, 0.15) is 17.5 Å². The normalized spacial score (nSPS) is 10.9. The van der Waals surface area contributed by atoms with Crippen LogP contribution in [0.15, 0.2) is 73.3 Å². The van der Waals surface area contributed by atoms with Gasteiger partial charge in [-0.25, -0.2) is 9.59 Å². The third-order valence-electron chi connectivity index (χ3n) is 4.08. The minimum absolute atomic E-state index is 0.0320. The number of hydrogen-bond acceptors (Lipinski definition) is 3. The van der Waals surface area contributed by atoms with E-state index in [-0.39, 0.29) is 23.4 Å². The maximum Gasteiger partial charge on any atom is 0.330 e. The zero-order chi connectivity index (χ0) is 18.1. The van der Waals surface area contributed by atoms with E-state index in [4.69, 9.17) is 4.74 Å². The molecule has 0 radical (unpaired) electrons. The molecule has 130 valence electrons. The van der Waals surface area contributed by atoms with Crippen LogP contribution >= 0.6 is 0 Å². The van der Waals surface area contributed by atoms with Crippen LogP contribution < -0.4 is 0 Å². The van der Waals surface area contributed by atoms with Gasteiger partial charge in [0, 0.05) is 17.2 Å². The lowest BCUT2D eigenvalue weighted by atomic mass is 10.1. The van der Waals surface area contributed by atoms with E-state index in [1.807, 2.05) is 67.7 Å². The van der Waals surface area contributed by atoms with Crippen LogP contribution in [0.25, 0.3) is 0 Å². The third-order valence-corrected chi connectivity index (χ3v) is 4.08. The zero-order valence-corrected chi connectivity index (χ0v) is 14.6. The van der Waals surface area contributed by atoms with Crippen LogP contribution in [-0.4, -0.2) is 30.0 Å². The lowest BCUT2D eigenvalue weighted by molar-refractivity contribution is -0.862. The molecule has 25 heavy (non-hydrogen) atoms. The standard InChI is InChI=1S/C21H24NO3/c1-3-21(24)25-15-14-20(23)22(2,16-18-10-6-4-7-11-18)17-19-12-8-5-9-13-19/h3-13H,1,14-17H2,2H3/q+1. The largest absolute Gasteiger partial charge is 0.462 e. The number of ether oxygens (including phenoxy) is 1. The molecule has 0 atom stereocenters. The Labute approximate surface area is 148 Å². The van der Waals surface area contributed by atoms with Crippen molar-refractivity contribution in [1.82, 2.24) is 0 Å². The average molecular weight is 338 g/mol. The highest BCUT2D eigenvalue weighted by Gasteiger charge is 2.32. The fourth-order valence-corrected chi connectivity index (χ4v) is 2.77. The van der Waals surface area contributed by atoms with Gasteiger partial charge in [0.25, 0.3) is 0 Å². The molecule has 0 N–H and O–H groups in total. The lowest BCUT2D eigenvalue weighted by Crippen LogP contribution is -2.48. The van der Waals surface area contributed by atoms with E-state index in [2.05, 4.69) is 6.58 Å². The van der Waals surface area contributed by atoms with Crippen molar-refractivity contribution in [3.63, 3.8) is 0 Å². The monoisotopic (exact) mass is 338 g/mol. The van der Waals surface area contributed by atoms with Crippen LogP contribution in [0.2, 0.25) is 0 Å². The number of amides is 1. The van der Waals surface area contributed by atoms with E-state index in [1.165, 1.54) is 0 Å². The van der Waals surface area contributed by atoms with E-state index in [0.717, 1.165) is 17.2 Å². The molecular formula is C21H24NO3+. The van der Waals surface area contributed by atoms with E-state index < -0.39 is 5.97 Å². The van der Waals surface area contributed by atoms with Gasteiger partial charge in [-0.3, -0.25) is 4.48 Å². The Morgan fingerprint density at radius 3 is 1.88 bits per heavy atom. The summed E-state index contributed by atoms with van der Waals surface area (Å²) in [5, 5.41) is 0. The smallest absolute Gasteiger partial charge is 0.330 e. The summed E-state index contributed by atoms with van der Waals surface area (Å²) >= 11 is 0. The molecule has 0 aliphatic rings. The summed E-state index contributed by atoms with van der Waals surface area (Å²) in [5.74, 6) is -0.474. The SMILES string of the molecule is C=CC(=O)OCCC(=O)[N+](C)(Cc1ccccc1)Cc1ccccc1. The number of benzene rings is 2. The first kappa shape index (κ1) is 18.6. The minimum atomic E-state index is -0.506. The molecule has 0 spiro atoms. The zero-order valence-electron chi connectivity index (χ0n) is 14.6. The van der Waals surface area contributed by atoms with E-state index in [9.17, 15) is 9.59 Å². The first-order chi connectivity index (χ1) is 12.0. The first-order valence-electron chi connectivity index (χ1n) is 8.28. The predicted molar refractivity (Wildman–Crippen MR) is 97.3 cm³/mol. The Balaban J connectivity index is 2.14. The van der Waals surface area contributed by atoms with Crippen molar-refractivity contribution in [1.29, 1.82) is 0 Å². The van der Waals surface area contributed by atoms with E-state index in [0.29, 0.717) is 13.1 Å². The number of nitrogens with zero attached hydrogens (tertiary/aromatic N) is 1. The molecule has 0 aliphatic carbocycles. The molecule has 0 bridgehead atoms. The molecule has 0 unspecified atom stereocenters. The summed E-state index contributed by atoms with van der Waals surface area (Å²) < 4.78 is 5.19. The van der Waals surface area contributed by atoms with Crippen LogP contribution in [0.4, 0.5) is 0 Å². The number of esters is 1. The summed E-state index contributed by atoms with van der Waals surface area (Å²) in [6.45, 7) is 4.60. The van der Waals surface area contributed by atoms with Crippen LogP contribution in [0.5, 0.6) is 0 Å². The minimum Gasteiger partial charge on any atom is -0.462 e. The van der Waals surface area contributed by atoms with E-state index in [1.54, 1.807) is 0 Å². The first-order valence-corrected chi connectivity index (χ1v) is 8.28. The lowest BCUT2D eigenvalue weighted by Gasteiger charge is -2.32. The molecule has 2 rings (SSSR count). The van der Waals surface area contributed by atoms with Crippen LogP contribution in [-0.2, 0) is 27.4 Å². The maximum absolute atomic E-state index is 12.9. The molecule has 4 nitrogen and oxygen atoms in total. The summed E-state index contributed by atoms with van der Waals surface area (Å²) in [6, 6.07) is 19.9. The van der Waals surface area contributed by atoms with Gasteiger partial charge in [-0.15, -0.1) is 0 Å². The van der Waals surface area contributed by atoms with Gasteiger partial charge in [0.15, 0.2) is 0 Å². The van der Waals surface area contributed by atoms with Gasteiger partial charge in [0.05, 0.1) is 13.5 Å². The topological polar surface area (TPSA) is 43.4 Å². The van der Waals surface area contributed by atoms with Gasteiger partial charge in [-0.1, -0.05) is 67.2 Å². The summed E-state index contributed by atoms with van der Waals surface area (Å²) in [7, 11) is 1.93. The van der Waals surface area contributed by atoms with Crippen molar-refractivity contribution in [2.75, 3.05) is 13.7 Å². The van der Waals surface area contributed by atoms with Crippen molar-refractivity contribution in [3.8, 4) is 0 Å². The Kier molecular flexibility index (Phi) is 6.66. The van der Waals surface area contributed by atoms with Crippen molar-refractivity contribution < 1.29 is 18.8 Å². The summed E-state index contributed by atoms with van der Waals surface area (Å²) in [5.41, 5.74) is 2.19. The Morgan fingerprint density at radius 2 is 1.44 bits per heavy atom. The van der Waals surface area contributed by atoms with Crippen molar-refractivity contribution in [3.05, 3.63) is 84.4 Å². The highest BCUT2D eigenvalue weighted by molar-refractivity contribution is 5.81. The van der Waals surface area contributed by atoms with Gasteiger partial charge in [-0.2, -0.15) is 0 Å². The molecule has 0 fully saturated rings. The second-order valence-corrected chi connectivity index (χ2v) is 6.20. The highest BCUT2D eigenvalue weighted by atomic mass is 16.5. The van der Waals surface area contributed by atoms with Crippen molar-refractivity contribution in [2.45, 2.75) is 19.5 Å². The number of rotatable bonds is 8. The molecule has 0 saturated heterocycles. The Bertz CT molecular complexity index is 669. The molecule has 0 saturated carbocycles. The molecular weight excluding hydrogens is 314 g/mol. The number of quaternary nitrogens is 1.